The molecule has 5 rings (SSSR count). The molecule has 10 nitrogen and oxygen atoms in total. The lowest BCUT2D eigenvalue weighted by Crippen LogP contribution is -2.44. The average molecular weight is 553 g/mol. The molecule has 0 amide bonds. The lowest BCUT2D eigenvalue weighted by atomic mass is 9.92. The lowest BCUT2D eigenvalue weighted by Gasteiger charge is -2.29. The van der Waals surface area contributed by atoms with Gasteiger partial charge in [-0.25, -0.2) is 9.36 Å². The van der Waals surface area contributed by atoms with Gasteiger partial charge in [-0.1, -0.05) is 18.2 Å². The summed E-state index contributed by atoms with van der Waals surface area (Å²) in [5, 5.41) is 16.2. The minimum atomic E-state index is -4.52. The van der Waals surface area contributed by atoms with Crippen LogP contribution in [0.15, 0.2) is 70.8 Å². The van der Waals surface area contributed by atoms with Gasteiger partial charge in [-0.05, 0) is 60.7 Å². The number of alkyl halides is 3. The molecule has 0 atom stereocenters. The first-order valence-corrected chi connectivity index (χ1v) is 12.4. The van der Waals surface area contributed by atoms with E-state index in [0.717, 1.165) is 17.1 Å². The molecular weight excluding hydrogens is 529 g/mol. The Morgan fingerprint density at radius 1 is 1.05 bits per heavy atom. The van der Waals surface area contributed by atoms with Gasteiger partial charge >= 0.3 is 23.1 Å². The molecule has 3 heterocycles. The summed E-state index contributed by atoms with van der Waals surface area (Å²) in [5.74, 6) is 0. The summed E-state index contributed by atoms with van der Waals surface area (Å²) < 4.78 is 43.6. The molecule has 206 valence electrons. The molecule has 1 aliphatic rings. The van der Waals surface area contributed by atoms with Crippen molar-refractivity contribution >= 4 is 17.8 Å². The van der Waals surface area contributed by atoms with E-state index < -0.39 is 33.6 Å². The fourth-order valence-electron chi connectivity index (χ4n) is 4.65. The normalized spacial score (nSPS) is 14.0. The third kappa shape index (κ3) is 5.35. The predicted molar refractivity (Wildman–Crippen MR) is 140 cm³/mol. The maximum absolute atomic E-state index is 13.5. The summed E-state index contributed by atoms with van der Waals surface area (Å²) in [7, 11) is 0. The molecule has 1 aromatic carbocycles. The standard InChI is InChI=1S/C27H23F3N6O4/c28-27(29,30)22-7-2-1-4-20(22)17-33-15-19(14-32-33)8-9-23-24(36(39)40)25(37)34(16-18-10-12-31-13-11-18)26(38)35(23)21-5-3-6-21/h1-2,4,7-15,21H,3,5-6,16-17H2. The van der Waals surface area contributed by atoms with Crippen molar-refractivity contribution in [3.63, 3.8) is 0 Å². The van der Waals surface area contributed by atoms with Crippen LogP contribution < -0.4 is 11.2 Å². The van der Waals surface area contributed by atoms with Crippen molar-refractivity contribution in [2.45, 2.75) is 44.6 Å². The van der Waals surface area contributed by atoms with Crippen molar-refractivity contribution in [1.29, 1.82) is 0 Å². The number of pyridine rings is 1. The highest BCUT2D eigenvalue weighted by Gasteiger charge is 2.33. The summed E-state index contributed by atoms with van der Waals surface area (Å²) in [6, 6.07) is 8.09. The minimum Gasteiger partial charge on any atom is -0.284 e. The van der Waals surface area contributed by atoms with E-state index in [1.54, 1.807) is 12.1 Å². The van der Waals surface area contributed by atoms with Crippen LogP contribution in [0, 0.1) is 10.1 Å². The molecule has 1 fully saturated rings. The van der Waals surface area contributed by atoms with Crippen molar-refractivity contribution < 1.29 is 18.1 Å². The molecule has 0 spiro atoms. The van der Waals surface area contributed by atoms with Crippen LogP contribution in [0.5, 0.6) is 0 Å². The Morgan fingerprint density at radius 2 is 1.77 bits per heavy atom. The van der Waals surface area contributed by atoms with Gasteiger partial charge in [-0.15, -0.1) is 0 Å². The van der Waals surface area contributed by atoms with Crippen molar-refractivity contribution in [3.05, 3.63) is 120 Å². The summed E-state index contributed by atoms with van der Waals surface area (Å²) in [6.07, 6.45) is 6.20. The molecular formula is C27H23F3N6O4. The largest absolute Gasteiger partial charge is 0.416 e. The monoisotopic (exact) mass is 552 g/mol. The number of hydrogen-bond donors (Lipinski definition) is 0. The van der Waals surface area contributed by atoms with E-state index in [4.69, 9.17) is 0 Å². The minimum absolute atomic E-state index is 0.0286. The molecule has 0 aliphatic heterocycles. The van der Waals surface area contributed by atoms with Gasteiger partial charge in [-0.2, -0.15) is 18.3 Å². The molecule has 1 saturated carbocycles. The summed E-state index contributed by atoms with van der Waals surface area (Å²) >= 11 is 0. The number of benzene rings is 1. The van der Waals surface area contributed by atoms with E-state index in [1.807, 2.05) is 0 Å². The van der Waals surface area contributed by atoms with Gasteiger partial charge in [0, 0.05) is 30.2 Å². The fourth-order valence-corrected chi connectivity index (χ4v) is 4.65. The van der Waals surface area contributed by atoms with Gasteiger partial charge in [0.15, 0.2) is 0 Å². The molecule has 4 aromatic rings. The lowest BCUT2D eigenvalue weighted by molar-refractivity contribution is -0.387. The van der Waals surface area contributed by atoms with E-state index in [0.29, 0.717) is 24.0 Å². The predicted octanol–water partition coefficient (Wildman–Crippen LogP) is 4.52. The highest BCUT2D eigenvalue weighted by molar-refractivity contribution is 5.71. The van der Waals surface area contributed by atoms with Crippen LogP contribution in [0.25, 0.3) is 12.2 Å². The Hall–Kier alpha value is -4.81. The zero-order valence-corrected chi connectivity index (χ0v) is 21.0. The zero-order valence-electron chi connectivity index (χ0n) is 21.0. The number of nitrogens with zero attached hydrogens (tertiary/aromatic N) is 6. The van der Waals surface area contributed by atoms with Crippen LogP contribution in [0.3, 0.4) is 0 Å². The second kappa shape index (κ2) is 10.8. The second-order valence-electron chi connectivity index (χ2n) is 9.43. The Balaban J connectivity index is 1.52. The van der Waals surface area contributed by atoms with Crippen LogP contribution >= 0.6 is 0 Å². The number of hydrogen-bond acceptors (Lipinski definition) is 6. The van der Waals surface area contributed by atoms with Crippen molar-refractivity contribution in [2.24, 2.45) is 0 Å². The van der Waals surface area contributed by atoms with E-state index in [9.17, 15) is 32.9 Å². The molecule has 0 N–H and O–H groups in total. The molecule has 13 heteroatoms. The van der Waals surface area contributed by atoms with Crippen molar-refractivity contribution in [3.8, 4) is 0 Å². The van der Waals surface area contributed by atoms with Gasteiger partial charge in [0.1, 0.15) is 5.69 Å². The van der Waals surface area contributed by atoms with E-state index in [2.05, 4.69) is 10.1 Å². The van der Waals surface area contributed by atoms with Gasteiger partial charge in [0.05, 0.1) is 29.8 Å². The smallest absolute Gasteiger partial charge is 0.284 e. The maximum Gasteiger partial charge on any atom is 0.416 e. The van der Waals surface area contributed by atoms with Crippen LogP contribution in [-0.2, 0) is 19.3 Å². The zero-order chi connectivity index (χ0) is 28.4. The Morgan fingerprint density at radius 3 is 2.42 bits per heavy atom. The molecule has 0 radical (unpaired) electrons. The molecule has 0 saturated heterocycles. The first-order chi connectivity index (χ1) is 19.1. The highest BCUT2D eigenvalue weighted by Crippen LogP contribution is 2.34. The SMILES string of the molecule is O=c1c([N+](=O)[O-])c(C=Cc2cnn(Cc3ccccc3C(F)(F)F)c2)n(C2CCC2)c(=O)n1Cc1ccncc1. The van der Waals surface area contributed by atoms with Gasteiger partial charge in [0.25, 0.3) is 0 Å². The third-order valence-corrected chi connectivity index (χ3v) is 6.84. The first-order valence-electron chi connectivity index (χ1n) is 12.4. The average Bonchev–Trinajstić information content (AvgIpc) is 3.33. The summed E-state index contributed by atoms with van der Waals surface area (Å²) in [4.78, 5) is 41.9. The van der Waals surface area contributed by atoms with E-state index in [1.165, 1.54) is 64.4 Å². The highest BCUT2D eigenvalue weighted by atomic mass is 19.4. The summed E-state index contributed by atoms with van der Waals surface area (Å²) in [6.45, 7) is -0.300. The Bertz CT molecular complexity index is 1700. The van der Waals surface area contributed by atoms with Crippen molar-refractivity contribution in [1.82, 2.24) is 23.9 Å². The van der Waals surface area contributed by atoms with E-state index in [-0.39, 0.29) is 30.4 Å². The quantitative estimate of drug-likeness (QED) is 0.234. The number of aromatic nitrogens is 5. The van der Waals surface area contributed by atoms with Crippen molar-refractivity contribution in [2.75, 3.05) is 0 Å². The van der Waals surface area contributed by atoms with Gasteiger partial charge in [-0.3, -0.25) is 29.1 Å². The van der Waals surface area contributed by atoms with Gasteiger partial charge in [0.2, 0.25) is 0 Å². The number of halogens is 3. The molecule has 40 heavy (non-hydrogen) atoms. The van der Waals surface area contributed by atoms with Crippen LogP contribution in [0.4, 0.5) is 18.9 Å². The molecule has 1 aliphatic carbocycles. The molecule has 0 unspecified atom stereocenters. The van der Waals surface area contributed by atoms with Crippen LogP contribution in [0.2, 0.25) is 0 Å². The Labute approximate surface area is 224 Å². The topological polar surface area (TPSA) is 118 Å². The fraction of sp³-hybridized carbons (Fsp3) is 0.259. The van der Waals surface area contributed by atoms with Gasteiger partial charge < -0.3 is 0 Å². The second-order valence-corrected chi connectivity index (χ2v) is 9.43. The summed E-state index contributed by atoms with van der Waals surface area (Å²) in [5.41, 5.74) is -2.28. The third-order valence-electron chi connectivity index (χ3n) is 6.84. The van der Waals surface area contributed by atoms with Crippen LogP contribution in [-0.4, -0.2) is 28.8 Å². The Kier molecular flexibility index (Phi) is 7.20. The number of nitro groups is 1. The van der Waals surface area contributed by atoms with E-state index >= 15 is 0 Å². The first kappa shape index (κ1) is 26.8. The molecule has 0 bridgehead atoms. The maximum atomic E-state index is 13.5. The molecule has 3 aromatic heterocycles. The van der Waals surface area contributed by atoms with Crippen LogP contribution in [0.1, 0.15) is 53.3 Å². The number of rotatable bonds is 8.